The molecule has 0 aliphatic rings. The van der Waals surface area contributed by atoms with Gasteiger partial charge in [-0.1, -0.05) is 46.3 Å². The molecule has 2 atom stereocenters. The standard InChI is InChI=1S/C9H11BrO2/c10-9(12)8(6-11)7-4-2-1-3-5-7/h1-5,8-9,11-12H,6H2/t8-,9-/m0/s1. The Morgan fingerprint density at radius 1 is 1.25 bits per heavy atom. The van der Waals surface area contributed by atoms with Crippen LogP contribution >= 0.6 is 15.9 Å². The van der Waals surface area contributed by atoms with E-state index in [2.05, 4.69) is 15.9 Å². The monoisotopic (exact) mass is 230 g/mol. The van der Waals surface area contributed by atoms with Gasteiger partial charge in [-0.2, -0.15) is 0 Å². The molecule has 0 radical (unpaired) electrons. The minimum Gasteiger partial charge on any atom is -0.396 e. The number of aliphatic hydroxyl groups is 2. The van der Waals surface area contributed by atoms with Crippen LogP contribution in [0.5, 0.6) is 0 Å². The summed E-state index contributed by atoms with van der Waals surface area (Å²) in [4.78, 5) is 0. The predicted octanol–water partition coefficient (Wildman–Crippen LogP) is 1.48. The van der Waals surface area contributed by atoms with Crippen LogP contribution in [0.25, 0.3) is 0 Å². The summed E-state index contributed by atoms with van der Waals surface area (Å²) in [5.41, 5.74) is 0.935. The third-order valence-corrected chi connectivity index (χ3v) is 2.39. The first-order valence-corrected chi connectivity index (χ1v) is 4.65. The van der Waals surface area contributed by atoms with E-state index in [0.717, 1.165) is 5.56 Å². The van der Waals surface area contributed by atoms with E-state index in [1.807, 2.05) is 30.3 Å². The highest BCUT2D eigenvalue weighted by Gasteiger charge is 2.16. The lowest BCUT2D eigenvalue weighted by Crippen LogP contribution is -2.15. The Balaban J connectivity index is 2.80. The molecule has 0 saturated heterocycles. The lowest BCUT2D eigenvalue weighted by Gasteiger charge is -2.15. The maximum absolute atomic E-state index is 9.22. The minimum absolute atomic E-state index is 0.0591. The molecule has 0 bridgehead atoms. The van der Waals surface area contributed by atoms with Crippen molar-refractivity contribution in [2.75, 3.05) is 6.61 Å². The van der Waals surface area contributed by atoms with E-state index in [0.29, 0.717) is 0 Å². The van der Waals surface area contributed by atoms with Gasteiger partial charge in [-0.05, 0) is 5.56 Å². The summed E-state index contributed by atoms with van der Waals surface area (Å²) in [6, 6.07) is 9.43. The molecular formula is C9H11BrO2. The Kier molecular flexibility index (Phi) is 3.72. The molecule has 0 heterocycles. The molecule has 0 aliphatic carbocycles. The van der Waals surface area contributed by atoms with Crippen LogP contribution < -0.4 is 0 Å². The average Bonchev–Trinajstić information content (AvgIpc) is 2.07. The van der Waals surface area contributed by atoms with Crippen molar-refractivity contribution in [1.82, 2.24) is 0 Å². The Labute approximate surface area is 80.0 Å². The molecule has 12 heavy (non-hydrogen) atoms. The predicted molar refractivity (Wildman–Crippen MR) is 51.2 cm³/mol. The second-order valence-corrected chi connectivity index (χ2v) is 3.51. The van der Waals surface area contributed by atoms with Gasteiger partial charge in [0.05, 0.1) is 6.61 Å². The van der Waals surface area contributed by atoms with Crippen molar-refractivity contribution in [1.29, 1.82) is 0 Å². The number of benzene rings is 1. The first kappa shape index (κ1) is 9.71. The summed E-state index contributed by atoms with van der Waals surface area (Å²) >= 11 is 3.03. The Bertz CT molecular complexity index is 223. The zero-order valence-corrected chi connectivity index (χ0v) is 8.11. The fourth-order valence-electron chi connectivity index (χ4n) is 1.05. The lowest BCUT2D eigenvalue weighted by atomic mass is 10.0. The van der Waals surface area contributed by atoms with Crippen LogP contribution in [0.1, 0.15) is 11.5 Å². The van der Waals surface area contributed by atoms with Crippen LogP contribution in [-0.2, 0) is 0 Å². The van der Waals surface area contributed by atoms with Gasteiger partial charge in [-0.25, -0.2) is 0 Å². The fraction of sp³-hybridized carbons (Fsp3) is 0.333. The van der Waals surface area contributed by atoms with Gasteiger partial charge in [0.2, 0.25) is 0 Å². The van der Waals surface area contributed by atoms with Crippen molar-refractivity contribution in [3.05, 3.63) is 35.9 Å². The zero-order valence-electron chi connectivity index (χ0n) is 6.52. The second kappa shape index (κ2) is 4.60. The van der Waals surface area contributed by atoms with E-state index >= 15 is 0 Å². The zero-order chi connectivity index (χ0) is 8.97. The second-order valence-electron chi connectivity index (χ2n) is 2.57. The molecule has 66 valence electrons. The van der Waals surface area contributed by atoms with Gasteiger partial charge in [0.1, 0.15) is 5.01 Å². The molecule has 1 aromatic rings. The summed E-state index contributed by atoms with van der Waals surface area (Å²) in [6.45, 7) is -0.0591. The maximum Gasteiger partial charge on any atom is 0.118 e. The topological polar surface area (TPSA) is 40.5 Å². The normalized spacial score (nSPS) is 15.6. The van der Waals surface area contributed by atoms with Gasteiger partial charge < -0.3 is 10.2 Å². The summed E-state index contributed by atoms with van der Waals surface area (Å²) < 4.78 is 0. The minimum atomic E-state index is -0.690. The first-order valence-electron chi connectivity index (χ1n) is 3.73. The van der Waals surface area contributed by atoms with Crippen molar-refractivity contribution in [2.45, 2.75) is 10.9 Å². The third kappa shape index (κ3) is 2.30. The molecular weight excluding hydrogens is 220 g/mol. The number of rotatable bonds is 3. The summed E-state index contributed by atoms with van der Waals surface area (Å²) in [5, 5.41) is 17.5. The van der Waals surface area contributed by atoms with Crippen molar-refractivity contribution >= 4 is 15.9 Å². The van der Waals surface area contributed by atoms with Crippen LogP contribution in [0.2, 0.25) is 0 Å². The van der Waals surface area contributed by atoms with Crippen molar-refractivity contribution in [3.8, 4) is 0 Å². The van der Waals surface area contributed by atoms with Gasteiger partial charge in [0.15, 0.2) is 0 Å². The Morgan fingerprint density at radius 3 is 2.25 bits per heavy atom. The quantitative estimate of drug-likeness (QED) is 0.773. The van der Waals surface area contributed by atoms with Gasteiger partial charge in [0.25, 0.3) is 0 Å². The number of alkyl halides is 1. The summed E-state index contributed by atoms with van der Waals surface area (Å²) in [6.07, 6.45) is 0. The van der Waals surface area contributed by atoms with Crippen LogP contribution in [0, 0.1) is 0 Å². The van der Waals surface area contributed by atoms with Gasteiger partial charge in [-0.3, -0.25) is 0 Å². The SMILES string of the molecule is OC[C@@H](c1ccccc1)[C@H](O)Br. The highest BCUT2D eigenvalue weighted by molar-refractivity contribution is 9.09. The summed E-state index contributed by atoms with van der Waals surface area (Å²) in [5.74, 6) is -0.244. The molecule has 0 unspecified atom stereocenters. The van der Waals surface area contributed by atoms with Crippen LogP contribution in [0.15, 0.2) is 30.3 Å². The van der Waals surface area contributed by atoms with Crippen molar-refractivity contribution < 1.29 is 10.2 Å². The van der Waals surface area contributed by atoms with Crippen molar-refractivity contribution in [3.63, 3.8) is 0 Å². The fourth-order valence-corrected chi connectivity index (χ4v) is 1.52. The molecule has 1 aromatic carbocycles. The molecule has 2 nitrogen and oxygen atoms in total. The van der Waals surface area contributed by atoms with E-state index in [-0.39, 0.29) is 12.5 Å². The Morgan fingerprint density at radius 2 is 1.83 bits per heavy atom. The molecule has 0 aliphatic heterocycles. The third-order valence-electron chi connectivity index (χ3n) is 1.76. The highest BCUT2D eigenvalue weighted by atomic mass is 79.9. The molecule has 0 saturated carbocycles. The van der Waals surface area contributed by atoms with Crippen LogP contribution in [0.4, 0.5) is 0 Å². The molecule has 0 spiro atoms. The van der Waals surface area contributed by atoms with Gasteiger partial charge in [0, 0.05) is 5.92 Å². The number of aliphatic hydroxyl groups excluding tert-OH is 2. The summed E-state index contributed by atoms with van der Waals surface area (Å²) in [7, 11) is 0. The van der Waals surface area contributed by atoms with Crippen LogP contribution in [0.3, 0.4) is 0 Å². The maximum atomic E-state index is 9.22. The van der Waals surface area contributed by atoms with E-state index < -0.39 is 5.01 Å². The highest BCUT2D eigenvalue weighted by Crippen LogP contribution is 2.22. The number of hydrogen-bond donors (Lipinski definition) is 2. The molecule has 0 amide bonds. The number of hydrogen-bond acceptors (Lipinski definition) is 2. The molecule has 1 rings (SSSR count). The molecule has 0 fully saturated rings. The van der Waals surface area contributed by atoms with Crippen molar-refractivity contribution in [2.24, 2.45) is 0 Å². The van der Waals surface area contributed by atoms with Crippen LogP contribution in [-0.4, -0.2) is 21.8 Å². The average molecular weight is 231 g/mol. The molecule has 0 aromatic heterocycles. The van der Waals surface area contributed by atoms with Gasteiger partial charge in [-0.15, -0.1) is 0 Å². The Hall–Kier alpha value is -0.380. The molecule has 3 heteroatoms. The van der Waals surface area contributed by atoms with E-state index in [1.54, 1.807) is 0 Å². The smallest absolute Gasteiger partial charge is 0.118 e. The van der Waals surface area contributed by atoms with E-state index in [4.69, 9.17) is 5.11 Å². The lowest BCUT2D eigenvalue weighted by molar-refractivity contribution is 0.174. The largest absolute Gasteiger partial charge is 0.396 e. The van der Waals surface area contributed by atoms with Gasteiger partial charge >= 0.3 is 0 Å². The first-order chi connectivity index (χ1) is 5.75. The molecule has 2 N–H and O–H groups in total. The van der Waals surface area contributed by atoms with E-state index in [1.165, 1.54) is 0 Å². The number of halogens is 1. The van der Waals surface area contributed by atoms with E-state index in [9.17, 15) is 5.11 Å².